The van der Waals surface area contributed by atoms with Crippen LogP contribution in [-0.4, -0.2) is 41.8 Å². The fraction of sp³-hybridized carbons (Fsp3) is 0.304. The Balaban J connectivity index is 2.13. The van der Waals surface area contributed by atoms with E-state index in [4.69, 9.17) is 16.3 Å². The van der Waals surface area contributed by atoms with Gasteiger partial charge in [0.1, 0.15) is 22.5 Å². The van der Waals surface area contributed by atoms with Gasteiger partial charge in [-0.2, -0.15) is 5.26 Å². The second kappa shape index (κ2) is 9.48. The number of methoxy groups -OCH3 is 1. The lowest BCUT2D eigenvalue weighted by atomic mass is 10.0. The smallest absolute Gasteiger partial charge is 0.269 e. The van der Waals surface area contributed by atoms with Crippen molar-refractivity contribution in [1.29, 1.82) is 5.26 Å². The normalized spacial score (nSPS) is 11.2. The molecular formula is C23H25ClN6O3. The van der Waals surface area contributed by atoms with Gasteiger partial charge in [-0.25, -0.2) is 4.98 Å². The van der Waals surface area contributed by atoms with Crippen molar-refractivity contribution in [3.8, 4) is 6.07 Å². The van der Waals surface area contributed by atoms with Gasteiger partial charge in [-0.3, -0.25) is 9.59 Å². The average molecular weight is 469 g/mol. The number of anilines is 3. The minimum atomic E-state index is -0.426. The number of hydrogen-bond acceptors (Lipinski definition) is 7. The number of aryl methyl sites for hydroxylation is 1. The van der Waals surface area contributed by atoms with Crippen molar-refractivity contribution in [1.82, 2.24) is 14.9 Å². The SMILES string of the molecule is CNC(=O)c1cc(Nc2ccc3c(c2)c(NC(C)(C)COC)cc(=O)n3C)c(C#N)c(Cl)n1. The zero-order chi connectivity index (χ0) is 24.3. The molecule has 1 aromatic carbocycles. The molecule has 0 atom stereocenters. The van der Waals surface area contributed by atoms with Gasteiger partial charge in [-0.15, -0.1) is 0 Å². The summed E-state index contributed by atoms with van der Waals surface area (Å²) in [6.45, 7) is 4.38. The van der Waals surface area contributed by atoms with E-state index < -0.39 is 11.4 Å². The molecule has 10 heteroatoms. The summed E-state index contributed by atoms with van der Waals surface area (Å²) in [6.07, 6.45) is 0. The van der Waals surface area contributed by atoms with Crippen LogP contribution in [-0.2, 0) is 11.8 Å². The molecule has 0 radical (unpaired) electrons. The van der Waals surface area contributed by atoms with E-state index >= 15 is 0 Å². The number of benzene rings is 1. The first-order chi connectivity index (χ1) is 15.6. The molecule has 2 heterocycles. The maximum Gasteiger partial charge on any atom is 0.269 e. The number of halogens is 1. The standard InChI is InChI=1S/C23H25ClN6O3/c1-23(2,12-33-5)29-17-10-20(31)30(4)19-7-6-13(8-14(17)19)27-16-9-18(22(32)26-3)28-21(24)15(16)11-25/h6-10,29H,12H2,1-5H3,(H,26,32)(H,27,28). The molecule has 33 heavy (non-hydrogen) atoms. The molecule has 3 aromatic rings. The van der Waals surface area contributed by atoms with Crippen LogP contribution in [0.5, 0.6) is 0 Å². The van der Waals surface area contributed by atoms with Gasteiger partial charge in [0.2, 0.25) is 0 Å². The van der Waals surface area contributed by atoms with Crippen molar-refractivity contribution >= 4 is 45.5 Å². The molecule has 1 amide bonds. The molecule has 0 fully saturated rings. The second-order valence-corrected chi connectivity index (χ2v) is 8.52. The van der Waals surface area contributed by atoms with Crippen LogP contribution in [0.3, 0.4) is 0 Å². The molecule has 9 nitrogen and oxygen atoms in total. The Morgan fingerprint density at radius 3 is 2.64 bits per heavy atom. The van der Waals surface area contributed by atoms with E-state index in [0.717, 1.165) is 10.9 Å². The molecule has 2 aromatic heterocycles. The molecule has 172 valence electrons. The number of amides is 1. The Kier molecular flexibility index (Phi) is 6.91. The Morgan fingerprint density at radius 1 is 1.27 bits per heavy atom. The van der Waals surface area contributed by atoms with E-state index in [2.05, 4.69) is 20.9 Å². The predicted octanol–water partition coefficient (Wildman–Crippen LogP) is 3.40. The first-order valence-corrected chi connectivity index (χ1v) is 10.5. The summed E-state index contributed by atoms with van der Waals surface area (Å²) in [5.41, 5.74) is 1.97. The molecular weight excluding hydrogens is 444 g/mol. The fourth-order valence-electron chi connectivity index (χ4n) is 3.52. The van der Waals surface area contributed by atoms with Crippen LogP contribution in [0.2, 0.25) is 5.15 Å². The van der Waals surface area contributed by atoms with E-state index in [1.165, 1.54) is 19.2 Å². The zero-order valence-electron chi connectivity index (χ0n) is 19.0. The number of pyridine rings is 2. The number of ether oxygens (including phenoxy) is 1. The highest BCUT2D eigenvalue weighted by Gasteiger charge is 2.20. The summed E-state index contributed by atoms with van der Waals surface area (Å²) in [5, 5.41) is 19.3. The van der Waals surface area contributed by atoms with E-state index in [-0.39, 0.29) is 22.0 Å². The summed E-state index contributed by atoms with van der Waals surface area (Å²) in [6, 6.07) is 10.5. The lowest BCUT2D eigenvalue weighted by Crippen LogP contribution is -2.36. The Hall–Kier alpha value is -3.61. The summed E-state index contributed by atoms with van der Waals surface area (Å²) in [5.74, 6) is -0.426. The van der Waals surface area contributed by atoms with Crippen LogP contribution in [0.4, 0.5) is 17.1 Å². The monoisotopic (exact) mass is 468 g/mol. The maximum atomic E-state index is 12.5. The van der Waals surface area contributed by atoms with E-state index in [1.807, 2.05) is 32.0 Å². The number of carbonyl (C=O) groups is 1. The average Bonchev–Trinajstić information content (AvgIpc) is 2.76. The van der Waals surface area contributed by atoms with Gasteiger partial charge in [0.25, 0.3) is 11.5 Å². The number of nitriles is 1. The van der Waals surface area contributed by atoms with Crippen LogP contribution < -0.4 is 21.5 Å². The number of rotatable bonds is 7. The van der Waals surface area contributed by atoms with Crippen molar-refractivity contribution in [2.75, 3.05) is 31.4 Å². The number of hydrogen-bond donors (Lipinski definition) is 3. The van der Waals surface area contributed by atoms with E-state index in [1.54, 1.807) is 24.8 Å². The number of nitrogens with one attached hydrogen (secondary N) is 3. The van der Waals surface area contributed by atoms with Gasteiger partial charge in [0, 0.05) is 44.0 Å². The molecule has 0 unspecified atom stereocenters. The summed E-state index contributed by atoms with van der Waals surface area (Å²) >= 11 is 6.15. The summed E-state index contributed by atoms with van der Waals surface area (Å²) < 4.78 is 6.84. The van der Waals surface area contributed by atoms with Crippen LogP contribution in [0.15, 0.2) is 35.1 Å². The van der Waals surface area contributed by atoms with Gasteiger partial charge in [0.05, 0.1) is 23.3 Å². The van der Waals surface area contributed by atoms with Crippen LogP contribution >= 0.6 is 11.6 Å². The lowest BCUT2D eigenvalue weighted by molar-refractivity contribution is 0.0958. The van der Waals surface area contributed by atoms with Crippen molar-refractivity contribution in [2.45, 2.75) is 19.4 Å². The fourth-order valence-corrected chi connectivity index (χ4v) is 3.76. The van der Waals surface area contributed by atoms with Gasteiger partial charge < -0.3 is 25.3 Å². The molecule has 0 aliphatic heterocycles. The third-order valence-corrected chi connectivity index (χ3v) is 5.32. The van der Waals surface area contributed by atoms with Crippen LogP contribution in [0.25, 0.3) is 10.9 Å². The first-order valence-electron chi connectivity index (χ1n) is 10.1. The van der Waals surface area contributed by atoms with Crippen molar-refractivity contribution in [3.05, 3.63) is 57.1 Å². The largest absolute Gasteiger partial charge is 0.382 e. The number of nitrogens with zero attached hydrogens (tertiary/aromatic N) is 3. The van der Waals surface area contributed by atoms with Crippen molar-refractivity contribution in [3.63, 3.8) is 0 Å². The van der Waals surface area contributed by atoms with Gasteiger partial charge in [-0.05, 0) is 38.1 Å². The number of aromatic nitrogens is 2. The van der Waals surface area contributed by atoms with Gasteiger partial charge in [-0.1, -0.05) is 11.6 Å². The maximum absolute atomic E-state index is 12.5. The Morgan fingerprint density at radius 2 is 2.00 bits per heavy atom. The highest BCUT2D eigenvalue weighted by atomic mass is 35.5. The minimum Gasteiger partial charge on any atom is -0.382 e. The second-order valence-electron chi connectivity index (χ2n) is 8.17. The predicted molar refractivity (Wildman–Crippen MR) is 129 cm³/mol. The topological polar surface area (TPSA) is 121 Å². The molecule has 0 spiro atoms. The van der Waals surface area contributed by atoms with Crippen LogP contribution in [0, 0.1) is 11.3 Å². The summed E-state index contributed by atoms with van der Waals surface area (Å²) in [7, 11) is 4.80. The minimum absolute atomic E-state index is 0.0760. The number of carbonyl (C=O) groups excluding carboxylic acids is 1. The van der Waals surface area contributed by atoms with Crippen molar-refractivity contribution in [2.24, 2.45) is 7.05 Å². The molecule has 3 rings (SSSR count). The molecule has 0 aliphatic carbocycles. The number of fused-ring (bicyclic) bond motifs is 1. The molecule has 0 saturated heterocycles. The van der Waals surface area contributed by atoms with Crippen molar-refractivity contribution < 1.29 is 9.53 Å². The summed E-state index contributed by atoms with van der Waals surface area (Å²) in [4.78, 5) is 28.5. The third kappa shape index (κ3) is 5.08. The zero-order valence-corrected chi connectivity index (χ0v) is 19.8. The van der Waals surface area contributed by atoms with Crippen LogP contribution in [0.1, 0.15) is 29.9 Å². The molecule has 0 saturated carbocycles. The lowest BCUT2D eigenvalue weighted by Gasteiger charge is -2.27. The van der Waals surface area contributed by atoms with E-state index in [0.29, 0.717) is 23.7 Å². The molecule has 3 N–H and O–H groups in total. The Bertz CT molecular complexity index is 1330. The highest BCUT2D eigenvalue weighted by molar-refractivity contribution is 6.31. The highest BCUT2D eigenvalue weighted by Crippen LogP contribution is 2.31. The van der Waals surface area contributed by atoms with Gasteiger partial charge >= 0.3 is 0 Å². The van der Waals surface area contributed by atoms with E-state index in [9.17, 15) is 14.9 Å². The van der Waals surface area contributed by atoms with Gasteiger partial charge in [0.15, 0.2) is 0 Å². The third-order valence-electron chi connectivity index (χ3n) is 5.05. The molecule has 0 bridgehead atoms. The first kappa shape index (κ1) is 24.0. The quantitative estimate of drug-likeness (QED) is 0.454. The Labute approximate surface area is 196 Å². The molecule has 0 aliphatic rings.